The van der Waals surface area contributed by atoms with E-state index < -0.39 is 0 Å². The van der Waals surface area contributed by atoms with Gasteiger partial charge in [0.2, 0.25) is 0 Å². The molecule has 1 aromatic heterocycles. The largest absolute Gasteiger partial charge is 0.497 e. The van der Waals surface area contributed by atoms with E-state index in [-0.39, 0.29) is 5.91 Å². The zero-order valence-electron chi connectivity index (χ0n) is 18.1. The fourth-order valence-corrected chi connectivity index (χ4v) is 4.24. The molecule has 0 fully saturated rings. The van der Waals surface area contributed by atoms with Crippen LogP contribution in [-0.4, -0.2) is 24.5 Å². The van der Waals surface area contributed by atoms with Gasteiger partial charge in [-0.2, -0.15) is 0 Å². The van der Waals surface area contributed by atoms with Gasteiger partial charge in [0.1, 0.15) is 28.8 Å². The summed E-state index contributed by atoms with van der Waals surface area (Å²) < 4.78 is 11.1. The van der Waals surface area contributed by atoms with Crippen molar-refractivity contribution in [2.75, 3.05) is 13.7 Å². The molecule has 0 aliphatic carbocycles. The molecule has 33 heavy (non-hydrogen) atoms. The number of carbonyl (C=O) groups is 1. The Kier molecular flexibility index (Phi) is 7.60. The smallest absolute Gasteiger partial charge is 0.270 e. The monoisotopic (exact) mass is 478 g/mol. The summed E-state index contributed by atoms with van der Waals surface area (Å²) in [5.41, 5.74) is 3.44. The highest BCUT2D eigenvalue weighted by molar-refractivity contribution is 7.13. The number of amides is 1. The van der Waals surface area contributed by atoms with E-state index in [2.05, 4.69) is 10.3 Å². The van der Waals surface area contributed by atoms with Crippen LogP contribution in [0.5, 0.6) is 11.5 Å². The van der Waals surface area contributed by atoms with Crippen molar-refractivity contribution in [2.45, 2.75) is 13.0 Å². The second kappa shape index (κ2) is 11.0. The Bertz CT molecular complexity index is 1220. The highest BCUT2D eigenvalue weighted by atomic mass is 35.5. The average Bonchev–Trinajstić information content (AvgIpc) is 3.34. The van der Waals surface area contributed by atoms with Gasteiger partial charge in [0.15, 0.2) is 0 Å². The van der Waals surface area contributed by atoms with Crippen molar-refractivity contribution in [3.05, 3.63) is 100 Å². The zero-order valence-corrected chi connectivity index (χ0v) is 19.7. The van der Waals surface area contributed by atoms with Crippen molar-refractivity contribution in [1.29, 1.82) is 0 Å². The van der Waals surface area contributed by atoms with Crippen molar-refractivity contribution in [1.82, 2.24) is 10.3 Å². The number of hydrogen-bond donors (Lipinski definition) is 1. The van der Waals surface area contributed by atoms with Crippen molar-refractivity contribution in [3.63, 3.8) is 0 Å². The van der Waals surface area contributed by atoms with E-state index in [4.69, 9.17) is 21.1 Å². The number of thiazole rings is 1. The number of nitrogens with zero attached hydrogens (tertiary/aromatic N) is 1. The van der Waals surface area contributed by atoms with Crippen LogP contribution in [0.4, 0.5) is 0 Å². The molecular formula is C26H23ClN2O3S. The number of nitrogens with one attached hydrogen (secondary N) is 1. The van der Waals surface area contributed by atoms with Crippen LogP contribution in [0.3, 0.4) is 0 Å². The van der Waals surface area contributed by atoms with Crippen molar-refractivity contribution < 1.29 is 14.3 Å². The molecule has 0 atom stereocenters. The maximum Gasteiger partial charge on any atom is 0.270 e. The number of aromatic nitrogens is 1. The Hall–Kier alpha value is -3.35. The molecule has 1 heterocycles. The Morgan fingerprint density at radius 1 is 1.00 bits per heavy atom. The normalized spacial score (nSPS) is 10.6. The third-order valence-electron chi connectivity index (χ3n) is 4.97. The summed E-state index contributed by atoms with van der Waals surface area (Å²) in [5, 5.41) is 6.16. The second-order valence-corrected chi connectivity index (χ2v) is 8.63. The Morgan fingerprint density at radius 3 is 2.61 bits per heavy atom. The van der Waals surface area contributed by atoms with Crippen LogP contribution < -0.4 is 14.8 Å². The molecule has 0 saturated heterocycles. The second-order valence-electron chi connectivity index (χ2n) is 7.34. The number of rotatable bonds is 9. The minimum atomic E-state index is -0.181. The van der Waals surface area contributed by atoms with E-state index in [9.17, 15) is 4.79 Å². The van der Waals surface area contributed by atoms with E-state index >= 15 is 0 Å². The number of methoxy groups -OCH3 is 1. The van der Waals surface area contributed by atoms with Crippen LogP contribution in [0.15, 0.2) is 78.2 Å². The van der Waals surface area contributed by atoms with Gasteiger partial charge in [-0.1, -0.05) is 48.0 Å². The molecule has 1 N–H and O–H groups in total. The van der Waals surface area contributed by atoms with E-state index in [1.165, 1.54) is 11.3 Å². The van der Waals surface area contributed by atoms with Gasteiger partial charge in [-0.3, -0.25) is 4.79 Å². The molecule has 0 aliphatic heterocycles. The summed E-state index contributed by atoms with van der Waals surface area (Å²) >= 11 is 7.47. The lowest BCUT2D eigenvalue weighted by Gasteiger charge is -2.08. The summed E-state index contributed by atoms with van der Waals surface area (Å²) in [6.45, 7) is 0.953. The van der Waals surface area contributed by atoms with E-state index in [0.717, 1.165) is 39.6 Å². The molecule has 5 nitrogen and oxygen atoms in total. The summed E-state index contributed by atoms with van der Waals surface area (Å²) in [7, 11) is 1.64. The summed E-state index contributed by atoms with van der Waals surface area (Å²) in [5.74, 6) is 1.37. The molecular weight excluding hydrogens is 456 g/mol. The minimum Gasteiger partial charge on any atom is -0.497 e. The molecule has 4 aromatic rings. The molecule has 4 rings (SSSR count). The van der Waals surface area contributed by atoms with Crippen LogP contribution in [-0.2, 0) is 13.0 Å². The molecule has 3 aromatic carbocycles. The Labute approximate surface area is 202 Å². The summed E-state index contributed by atoms with van der Waals surface area (Å²) in [6.07, 6.45) is 0.735. The zero-order chi connectivity index (χ0) is 23.0. The predicted molar refractivity (Wildman–Crippen MR) is 132 cm³/mol. The molecule has 7 heteroatoms. The first-order chi connectivity index (χ1) is 16.1. The van der Waals surface area contributed by atoms with Crippen LogP contribution in [0.1, 0.15) is 21.6 Å². The van der Waals surface area contributed by atoms with Crippen molar-refractivity contribution in [3.8, 4) is 22.1 Å². The third-order valence-corrected chi connectivity index (χ3v) is 6.10. The van der Waals surface area contributed by atoms with Crippen LogP contribution in [0.2, 0.25) is 5.02 Å². The molecule has 0 spiro atoms. The summed E-state index contributed by atoms with van der Waals surface area (Å²) in [6, 6.07) is 23.1. The third kappa shape index (κ3) is 6.34. The molecule has 0 radical (unpaired) electrons. The number of ether oxygens (including phenoxy) is 2. The standard InChI is InChI=1S/C26H23ClN2O3S/c1-31-22-10-8-18(9-11-22)12-13-28-25(30)24-17-33-26(29-24)20-5-3-7-23(15-20)32-16-19-4-2-6-21(27)14-19/h2-11,14-15,17H,12-13,16H2,1H3,(H,28,30). The van der Waals surface area contributed by atoms with E-state index in [1.807, 2.05) is 72.8 Å². The number of hydrogen-bond acceptors (Lipinski definition) is 5. The highest BCUT2D eigenvalue weighted by Gasteiger charge is 2.12. The SMILES string of the molecule is COc1ccc(CCNC(=O)c2csc(-c3cccc(OCc4cccc(Cl)c4)c3)n2)cc1. The first kappa shape index (κ1) is 22.8. The fraction of sp³-hybridized carbons (Fsp3) is 0.154. The predicted octanol–water partition coefficient (Wildman–Crippen LogP) is 6.02. The van der Waals surface area contributed by atoms with Gasteiger partial charge in [0.25, 0.3) is 5.91 Å². The van der Waals surface area contributed by atoms with Crippen molar-refractivity contribution >= 4 is 28.8 Å². The van der Waals surface area contributed by atoms with Crippen LogP contribution >= 0.6 is 22.9 Å². The maximum absolute atomic E-state index is 12.5. The van der Waals surface area contributed by atoms with Gasteiger partial charge in [0.05, 0.1) is 7.11 Å². The first-order valence-corrected chi connectivity index (χ1v) is 11.7. The fourth-order valence-electron chi connectivity index (χ4n) is 3.23. The van der Waals surface area contributed by atoms with Crippen molar-refractivity contribution in [2.24, 2.45) is 0 Å². The first-order valence-electron chi connectivity index (χ1n) is 10.4. The van der Waals surface area contributed by atoms with Crippen LogP contribution in [0.25, 0.3) is 10.6 Å². The number of halogens is 1. The number of carbonyl (C=O) groups excluding carboxylic acids is 1. The lowest BCUT2D eigenvalue weighted by molar-refractivity contribution is 0.0950. The summed E-state index contributed by atoms with van der Waals surface area (Å²) in [4.78, 5) is 17.0. The lowest BCUT2D eigenvalue weighted by atomic mass is 10.1. The molecule has 0 unspecified atom stereocenters. The maximum atomic E-state index is 12.5. The molecule has 1 amide bonds. The van der Waals surface area contributed by atoms with Gasteiger partial charge in [-0.15, -0.1) is 11.3 Å². The lowest BCUT2D eigenvalue weighted by Crippen LogP contribution is -2.25. The van der Waals surface area contributed by atoms with Gasteiger partial charge >= 0.3 is 0 Å². The molecule has 0 aliphatic rings. The Morgan fingerprint density at radius 2 is 1.82 bits per heavy atom. The minimum absolute atomic E-state index is 0.181. The van der Waals surface area contributed by atoms with E-state index in [1.54, 1.807) is 12.5 Å². The topological polar surface area (TPSA) is 60.5 Å². The molecule has 0 saturated carbocycles. The molecule has 0 bridgehead atoms. The Balaban J connectivity index is 1.33. The van der Waals surface area contributed by atoms with Gasteiger partial charge in [-0.05, 0) is 53.9 Å². The number of benzene rings is 3. The molecule has 168 valence electrons. The van der Waals surface area contributed by atoms with Gasteiger partial charge < -0.3 is 14.8 Å². The van der Waals surface area contributed by atoms with E-state index in [0.29, 0.717) is 23.9 Å². The quantitative estimate of drug-likeness (QED) is 0.319. The van der Waals surface area contributed by atoms with Gasteiger partial charge in [-0.25, -0.2) is 4.98 Å². The van der Waals surface area contributed by atoms with Gasteiger partial charge in [0, 0.05) is 22.5 Å². The van der Waals surface area contributed by atoms with Crippen LogP contribution in [0, 0.1) is 0 Å². The highest BCUT2D eigenvalue weighted by Crippen LogP contribution is 2.27. The average molecular weight is 479 g/mol.